The Morgan fingerprint density at radius 2 is 2.20 bits per heavy atom. The van der Waals surface area contributed by atoms with E-state index in [9.17, 15) is 8.42 Å². The zero-order valence-corrected chi connectivity index (χ0v) is 12.8. The molecular formula is C11H16N4O3S2. The molecule has 20 heavy (non-hydrogen) atoms. The Morgan fingerprint density at radius 1 is 1.45 bits per heavy atom. The number of nitrogens with zero attached hydrogens (tertiary/aromatic N) is 2. The molecule has 2 heterocycles. The summed E-state index contributed by atoms with van der Waals surface area (Å²) in [7, 11) is -3.58. The Labute approximate surface area is 121 Å². The van der Waals surface area contributed by atoms with Gasteiger partial charge < -0.3 is 10.3 Å². The van der Waals surface area contributed by atoms with E-state index in [0.29, 0.717) is 36.0 Å². The highest BCUT2D eigenvalue weighted by Crippen LogP contribution is 2.18. The highest BCUT2D eigenvalue weighted by Gasteiger charge is 2.23. The van der Waals surface area contributed by atoms with E-state index in [4.69, 9.17) is 10.3 Å². The van der Waals surface area contributed by atoms with E-state index in [1.807, 2.05) is 5.38 Å². The van der Waals surface area contributed by atoms with E-state index in [1.54, 1.807) is 13.8 Å². The molecule has 0 unspecified atom stereocenters. The number of thiazole rings is 1. The maximum atomic E-state index is 12.1. The summed E-state index contributed by atoms with van der Waals surface area (Å²) in [5.41, 5.74) is 6.77. The van der Waals surface area contributed by atoms with Crippen molar-refractivity contribution in [3.05, 3.63) is 22.5 Å². The minimum Gasteiger partial charge on any atom is -0.375 e. The number of hydrogen-bond acceptors (Lipinski definition) is 7. The van der Waals surface area contributed by atoms with Crippen molar-refractivity contribution in [2.75, 3.05) is 12.3 Å². The Balaban J connectivity index is 1.90. The van der Waals surface area contributed by atoms with Crippen molar-refractivity contribution in [1.29, 1.82) is 0 Å². The molecule has 0 spiro atoms. The molecule has 0 radical (unpaired) electrons. The zero-order chi connectivity index (χ0) is 14.8. The highest BCUT2D eigenvalue weighted by atomic mass is 32.2. The van der Waals surface area contributed by atoms with Crippen LogP contribution in [0.4, 0.5) is 5.13 Å². The average molecular weight is 316 g/mol. The van der Waals surface area contributed by atoms with Crippen LogP contribution in [0.25, 0.3) is 0 Å². The zero-order valence-electron chi connectivity index (χ0n) is 11.2. The average Bonchev–Trinajstić information content (AvgIpc) is 2.92. The van der Waals surface area contributed by atoms with Crippen molar-refractivity contribution in [2.45, 2.75) is 31.6 Å². The molecule has 0 aromatic carbocycles. The highest BCUT2D eigenvalue weighted by molar-refractivity contribution is 7.89. The Hall–Kier alpha value is -1.45. The van der Waals surface area contributed by atoms with Crippen LogP contribution < -0.4 is 10.5 Å². The first-order chi connectivity index (χ1) is 9.40. The molecule has 0 saturated heterocycles. The third-order valence-corrected chi connectivity index (χ3v) is 5.14. The van der Waals surface area contributed by atoms with Crippen molar-refractivity contribution in [2.24, 2.45) is 0 Å². The summed E-state index contributed by atoms with van der Waals surface area (Å²) in [6.45, 7) is 3.50. The third-order valence-electron chi connectivity index (χ3n) is 2.71. The van der Waals surface area contributed by atoms with Crippen molar-refractivity contribution in [1.82, 2.24) is 14.9 Å². The first-order valence-corrected chi connectivity index (χ1v) is 8.39. The molecule has 0 aliphatic heterocycles. The molecule has 0 aliphatic carbocycles. The molecule has 0 amide bonds. The maximum absolute atomic E-state index is 12.1. The van der Waals surface area contributed by atoms with Gasteiger partial charge >= 0.3 is 0 Å². The van der Waals surface area contributed by atoms with Gasteiger partial charge in [-0.3, -0.25) is 0 Å². The molecule has 0 atom stereocenters. The van der Waals surface area contributed by atoms with Crippen molar-refractivity contribution < 1.29 is 12.9 Å². The predicted molar refractivity (Wildman–Crippen MR) is 76.0 cm³/mol. The van der Waals surface area contributed by atoms with Gasteiger partial charge in [0.1, 0.15) is 10.6 Å². The van der Waals surface area contributed by atoms with E-state index in [-0.39, 0.29) is 4.90 Å². The number of nitrogens with two attached hydrogens (primary N) is 1. The smallest absolute Gasteiger partial charge is 0.245 e. The lowest BCUT2D eigenvalue weighted by atomic mass is 10.2. The Bertz CT molecular complexity index is 671. The first-order valence-electron chi connectivity index (χ1n) is 6.02. The second-order valence-corrected chi connectivity index (χ2v) is 6.93. The van der Waals surface area contributed by atoms with Gasteiger partial charge in [-0.25, -0.2) is 18.1 Å². The molecule has 2 aromatic rings. The van der Waals surface area contributed by atoms with Gasteiger partial charge in [-0.1, -0.05) is 5.16 Å². The third kappa shape index (κ3) is 3.35. The van der Waals surface area contributed by atoms with Crippen LogP contribution in [0.1, 0.15) is 23.6 Å². The lowest BCUT2D eigenvalue weighted by Crippen LogP contribution is -2.26. The molecular weight excluding hydrogens is 300 g/mol. The quantitative estimate of drug-likeness (QED) is 0.776. The number of hydrogen-bond donors (Lipinski definition) is 2. The van der Waals surface area contributed by atoms with Crippen LogP contribution in [0.3, 0.4) is 0 Å². The van der Waals surface area contributed by atoms with Crippen LogP contribution in [-0.4, -0.2) is 25.1 Å². The Morgan fingerprint density at radius 3 is 2.75 bits per heavy atom. The van der Waals surface area contributed by atoms with E-state index in [1.165, 1.54) is 11.3 Å². The monoisotopic (exact) mass is 316 g/mol. The summed E-state index contributed by atoms with van der Waals surface area (Å²) in [5.74, 6) is 0.294. The summed E-state index contributed by atoms with van der Waals surface area (Å²) in [6.07, 6.45) is 1.32. The largest absolute Gasteiger partial charge is 0.375 e. The fourth-order valence-electron chi connectivity index (χ4n) is 1.84. The fourth-order valence-corrected chi connectivity index (χ4v) is 3.84. The number of aryl methyl sites for hydroxylation is 3. The SMILES string of the molecule is Cc1noc(C)c1S(=O)(=O)NCCCc1csc(N)n1. The van der Waals surface area contributed by atoms with E-state index in [0.717, 1.165) is 5.69 Å². The fraction of sp³-hybridized carbons (Fsp3) is 0.455. The van der Waals surface area contributed by atoms with Gasteiger partial charge in [0.15, 0.2) is 10.9 Å². The van der Waals surface area contributed by atoms with Gasteiger partial charge in [0.25, 0.3) is 0 Å². The van der Waals surface area contributed by atoms with Gasteiger partial charge in [-0.05, 0) is 26.7 Å². The topological polar surface area (TPSA) is 111 Å². The molecule has 2 aromatic heterocycles. The summed E-state index contributed by atoms with van der Waals surface area (Å²) in [4.78, 5) is 4.24. The second-order valence-electron chi connectivity index (χ2n) is 4.33. The standard InChI is InChI=1S/C11H16N4O3S2/c1-7-10(8(2)18-15-7)20(16,17)13-5-3-4-9-6-19-11(12)14-9/h6,13H,3-5H2,1-2H3,(H2,12,14). The molecule has 0 saturated carbocycles. The van der Waals surface area contributed by atoms with Gasteiger partial charge in [0, 0.05) is 11.9 Å². The second kappa shape index (κ2) is 5.90. The van der Waals surface area contributed by atoms with E-state index in [2.05, 4.69) is 14.9 Å². The Kier molecular flexibility index (Phi) is 4.41. The minimum absolute atomic E-state index is 0.121. The summed E-state index contributed by atoms with van der Waals surface area (Å²) >= 11 is 1.38. The number of anilines is 1. The summed E-state index contributed by atoms with van der Waals surface area (Å²) < 4.78 is 31.6. The molecule has 7 nitrogen and oxygen atoms in total. The molecule has 0 fully saturated rings. The van der Waals surface area contributed by atoms with E-state index >= 15 is 0 Å². The molecule has 3 N–H and O–H groups in total. The van der Waals surface area contributed by atoms with Crippen molar-refractivity contribution >= 4 is 26.5 Å². The maximum Gasteiger partial charge on any atom is 0.245 e. The van der Waals surface area contributed by atoms with Crippen LogP contribution in [0.2, 0.25) is 0 Å². The molecule has 2 rings (SSSR count). The van der Waals surface area contributed by atoms with Crippen LogP contribution in [-0.2, 0) is 16.4 Å². The summed E-state index contributed by atoms with van der Waals surface area (Å²) in [5, 5.41) is 6.04. The first kappa shape index (κ1) is 14.9. The summed E-state index contributed by atoms with van der Waals surface area (Å²) in [6, 6.07) is 0. The molecule has 0 aliphatic rings. The van der Waals surface area contributed by atoms with Crippen molar-refractivity contribution in [3.8, 4) is 0 Å². The van der Waals surface area contributed by atoms with Crippen LogP contribution in [0, 0.1) is 13.8 Å². The van der Waals surface area contributed by atoms with Crippen LogP contribution >= 0.6 is 11.3 Å². The normalized spacial score (nSPS) is 11.9. The molecule has 110 valence electrons. The number of rotatable bonds is 6. The lowest BCUT2D eigenvalue weighted by Gasteiger charge is -2.05. The predicted octanol–water partition coefficient (Wildman–Crippen LogP) is 1.24. The van der Waals surface area contributed by atoms with Crippen LogP contribution in [0.15, 0.2) is 14.8 Å². The number of aromatic nitrogens is 2. The number of nitrogens with one attached hydrogen (secondary N) is 1. The molecule has 9 heteroatoms. The van der Waals surface area contributed by atoms with Gasteiger partial charge in [0.2, 0.25) is 10.0 Å². The lowest BCUT2D eigenvalue weighted by molar-refractivity contribution is 0.390. The van der Waals surface area contributed by atoms with Gasteiger partial charge in [-0.15, -0.1) is 11.3 Å². The minimum atomic E-state index is -3.58. The number of sulfonamides is 1. The van der Waals surface area contributed by atoms with Gasteiger partial charge in [-0.2, -0.15) is 0 Å². The molecule has 0 bridgehead atoms. The van der Waals surface area contributed by atoms with E-state index < -0.39 is 10.0 Å². The van der Waals surface area contributed by atoms with Crippen molar-refractivity contribution in [3.63, 3.8) is 0 Å². The number of nitrogen functional groups attached to an aromatic ring is 1. The van der Waals surface area contributed by atoms with Crippen LogP contribution in [0.5, 0.6) is 0 Å². The van der Waals surface area contributed by atoms with Gasteiger partial charge in [0.05, 0.1) is 5.69 Å².